The van der Waals surface area contributed by atoms with E-state index >= 15 is 0 Å². The molecule has 0 N–H and O–H groups in total. The van der Waals surface area contributed by atoms with Gasteiger partial charge in [0, 0.05) is 12.0 Å². The first-order valence-electron chi connectivity index (χ1n) is 5.31. The lowest BCUT2D eigenvalue weighted by molar-refractivity contribution is 0.138. The predicted octanol–water partition coefficient (Wildman–Crippen LogP) is 3.03. The highest BCUT2D eigenvalue weighted by atomic mass is 16.5. The predicted molar refractivity (Wildman–Crippen MR) is 60.9 cm³/mol. The van der Waals surface area contributed by atoms with Gasteiger partial charge in [0.05, 0.1) is 7.11 Å². The lowest BCUT2D eigenvalue weighted by Crippen LogP contribution is -2.24. The van der Waals surface area contributed by atoms with E-state index in [1.54, 1.807) is 7.11 Å². The molecule has 0 spiro atoms. The van der Waals surface area contributed by atoms with Crippen molar-refractivity contribution < 1.29 is 9.47 Å². The van der Waals surface area contributed by atoms with Gasteiger partial charge < -0.3 is 9.47 Å². The minimum absolute atomic E-state index is 0.0775. The molecule has 2 heteroatoms. The third-order valence-electron chi connectivity index (χ3n) is 2.99. The molecule has 2 rings (SSSR count). The molecule has 0 aromatic heterocycles. The maximum atomic E-state index is 5.90. The third-order valence-corrected chi connectivity index (χ3v) is 2.99. The summed E-state index contributed by atoms with van der Waals surface area (Å²) in [6.45, 7) is 8.40. The minimum Gasteiger partial charge on any atom is -0.496 e. The van der Waals surface area contributed by atoms with Crippen LogP contribution in [0.1, 0.15) is 30.5 Å². The van der Waals surface area contributed by atoms with Crippen molar-refractivity contribution >= 4 is 0 Å². The van der Waals surface area contributed by atoms with Gasteiger partial charge in [-0.15, -0.1) is 0 Å². The quantitative estimate of drug-likeness (QED) is 0.703. The highest BCUT2D eigenvalue weighted by Gasteiger charge is 2.32. The summed E-state index contributed by atoms with van der Waals surface area (Å²) in [6.07, 6.45) is 0.963. The molecule has 0 bridgehead atoms. The molecule has 1 heterocycles. The topological polar surface area (TPSA) is 18.5 Å². The van der Waals surface area contributed by atoms with Crippen molar-refractivity contribution in [1.82, 2.24) is 0 Å². The Morgan fingerprint density at radius 1 is 1.33 bits per heavy atom. The number of ether oxygens (including phenoxy) is 2. The monoisotopic (exact) mass is 206 g/mol. The Labute approximate surface area is 91.2 Å². The van der Waals surface area contributed by atoms with Gasteiger partial charge in [-0.2, -0.15) is 0 Å². The zero-order chi connectivity index (χ0) is 11.2. The van der Waals surface area contributed by atoms with Crippen LogP contribution in [-0.2, 0) is 6.42 Å². The van der Waals surface area contributed by atoms with Crippen LogP contribution in [-0.4, -0.2) is 12.7 Å². The largest absolute Gasteiger partial charge is 0.496 e. The van der Waals surface area contributed by atoms with Crippen molar-refractivity contribution in [3.63, 3.8) is 0 Å². The van der Waals surface area contributed by atoms with Crippen molar-refractivity contribution in [2.45, 2.75) is 39.7 Å². The Kier molecular flexibility index (Phi) is 2.18. The second kappa shape index (κ2) is 3.16. The number of methoxy groups -OCH3 is 1. The fourth-order valence-corrected chi connectivity index (χ4v) is 2.35. The number of hydrogen-bond donors (Lipinski definition) is 0. The Hall–Kier alpha value is -1.18. The van der Waals surface area contributed by atoms with Crippen LogP contribution in [0, 0.1) is 13.8 Å². The van der Waals surface area contributed by atoms with Crippen molar-refractivity contribution in [1.29, 1.82) is 0 Å². The van der Waals surface area contributed by atoms with Gasteiger partial charge >= 0.3 is 0 Å². The van der Waals surface area contributed by atoms with Gasteiger partial charge in [0.25, 0.3) is 0 Å². The molecule has 1 aromatic rings. The number of benzene rings is 1. The molecule has 0 saturated carbocycles. The highest BCUT2D eigenvalue weighted by molar-refractivity contribution is 5.55. The average molecular weight is 206 g/mol. The van der Waals surface area contributed by atoms with Crippen LogP contribution in [0.2, 0.25) is 0 Å². The van der Waals surface area contributed by atoms with E-state index in [2.05, 4.69) is 33.8 Å². The summed E-state index contributed by atoms with van der Waals surface area (Å²) >= 11 is 0. The molecular weight excluding hydrogens is 188 g/mol. The summed E-state index contributed by atoms with van der Waals surface area (Å²) in [5.74, 6) is 2.02. The minimum atomic E-state index is -0.0775. The molecular formula is C13H18O2. The molecule has 1 aliphatic rings. The summed E-state index contributed by atoms with van der Waals surface area (Å²) in [5, 5.41) is 0. The second-order valence-corrected chi connectivity index (χ2v) is 4.87. The number of aryl methyl sites for hydroxylation is 1. The highest BCUT2D eigenvalue weighted by Crippen LogP contribution is 2.41. The summed E-state index contributed by atoms with van der Waals surface area (Å²) in [4.78, 5) is 0. The summed E-state index contributed by atoms with van der Waals surface area (Å²) in [6, 6.07) is 2.08. The molecule has 0 radical (unpaired) electrons. The fraction of sp³-hybridized carbons (Fsp3) is 0.538. The maximum absolute atomic E-state index is 5.90. The van der Waals surface area contributed by atoms with Crippen LogP contribution >= 0.6 is 0 Å². The van der Waals surface area contributed by atoms with E-state index in [1.165, 1.54) is 11.1 Å². The van der Waals surface area contributed by atoms with Gasteiger partial charge in [-0.3, -0.25) is 0 Å². The van der Waals surface area contributed by atoms with Gasteiger partial charge in [0.1, 0.15) is 17.1 Å². The number of fused-ring (bicyclic) bond motifs is 1. The van der Waals surface area contributed by atoms with Gasteiger partial charge in [-0.05, 0) is 44.9 Å². The van der Waals surface area contributed by atoms with Crippen LogP contribution in [0.15, 0.2) is 6.07 Å². The molecule has 2 nitrogen and oxygen atoms in total. The van der Waals surface area contributed by atoms with Crippen molar-refractivity contribution in [2.24, 2.45) is 0 Å². The average Bonchev–Trinajstić information content (AvgIpc) is 2.41. The van der Waals surface area contributed by atoms with Crippen LogP contribution in [0.5, 0.6) is 11.5 Å². The molecule has 82 valence electrons. The van der Waals surface area contributed by atoms with E-state index in [0.717, 1.165) is 23.5 Å². The van der Waals surface area contributed by atoms with Crippen molar-refractivity contribution in [2.75, 3.05) is 7.11 Å². The smallest absolute Gasteiger partial charge is 0.125 e. The molecule has 0 amide bonds. The molecule has 0 saturated heterocycles. The summed E-state index contributed by atoms with van der Waals surface area (Å²) in [5.41, 5.74) is 3.58. The van der Waals surface area contributed by atoms with Gasteiger partial charge in [0.15, 0.2) is 0 Å². The Morgan fingerprint density at radius 3 is 2.60 bits per heavy atom. The van der Waals surface area contributed by atoms with Crippen molar-refractivity contribution in [3.05, 3.63) is 22.8 Å². The van der Waals surface area contributed by atoms with E-state index in [0.29, 0.717) is 0 Å². The number of rotatable bonds is 1. The van der Waals surface area contributed by atoms with Crippen LogP contribution in [0.4, 0.5) is 0 Å². The van der Waals surface area contributed by atoms with Gasteiger partial charge in [0.2, 0.25) is 0 Å². The zero-order valence-corrected chi connectivity index (χ0v) is 10.1. The first kappa shape index (κ1) is 10.3. The van der Waals surface area contributed by atoms with Crippen molar-refractivity contribution in [3.8, 4) is 11.5 Å². The molecule has 1 aromatic carbocycles. The Bertz CT molecular complexity index is 405. The standard InChI is InChI=1S/C13H18O2/c1-8-6-11-10(7-13(3,4)15-11)9(2)12(8)14-5/h6H,7H2,1-5H3. The molecule has 1 aliphatic heterocycles. The Balaban J connectivity index is 2.57. The summed E-state index contributed by atoms with van der Waals surface area (Å²) in [7, 11) is 1.72. The zero-order valence-electron chi connectivity index (χ0n) is 10.1. The molecule has 0 aliphatic carbocycles. The normalized spacial score (nSPS) is 17.1. The molecule has 0 atom stereocenters. The van der Waals surface area contributed by atoms with Crippen LogP contribution in [0.25, 0.3) is 0 Å². The third kappa shape index (κ3) is 1.58. The molecule has 15 heavy (non-hydrogen) atoms. The number of hydrogen-bond acceptors (Lipinski definition) is 2. The first-order valence-corrected chi connectivity index (χ1v) is 5.31. The van der Waals surface area contributed by atoms with Crippen LogP contribution < -0.4 is 9.47 Å². The lowest BCUT2D eigenvalue weighted by Gasteiger charge is -2.16. The van der Waals surface area contributed by atoms with Gasteiger partial charge in [-0.25, -0.2) is 0 Å². The van der Waals surface area contributed by atoms with E-state index in [1.807, 2.05) is 0 Å². The van der Waals surface area contributed by atoms with E-state index in [4.69, 9.17) is 9.47 Å². The van der Waals surface area contributed by atoms with E-state index < -0.39 is 0 Å². The van der Waals surface area contributed by atoms with Gasteiger partial charge in [-0.1, -0.05) is 0 Å². The second-order valence-electron chi connectivity index (χ2n) is 4.87. The van der Waals surface area contributed by atoms with E-state index in [9.17, 15) is 0 Å². The van der Waals surface area contributed by atoms with Crippen LogP contribution in [0.3, 0.4) is 0 Å². The SMILES string of the molecule is COc1c(C)cc2c(c1C)CC(C)(C)O2. The fourth-order valence-electron chi connectivity index (χ4n) is 2.35. The first-order chi connectivity index (χ1) is 6.94. The molecule has 0 fully saturated rings. The Morgan fingerprint density at radius 2 is 2.00 bits per heavy atom. The lowest BCUT2D eigenvalue weighted by atomic mass is 9.96. The molecule has 0 unspecified atom stereocenters. The summed E-state index contributed by atoms with van der Waals surface area (Å²) < 4.78 is 11.3. The maximum Gasteiger partial charge on any atom is 0.125 e. The van der Waals surface area contributed by atoms with E-state index in [-0.39, 0.29) is 5.60 Å².